The molecule has 1 N–H and O–H groups in total. The molecule has 1 saturated carbocycles. The van der Waals surface area contributed by atoms with Crippen LogP contribution in [0.4, 0.5) is 14.6 Å². The number of hydrogen-bond acceptors (Lipinski definition) is 5. The fourth-order valence-corrected chi connectivity index (χ4v) is 10.6. The Balaban J connectivity index is 1.27. The van der Waals surface area contributed by atoms with Gasteiger partial charge in [-0.2, -0.15) is 0 Å². The number of likely N-dealkylation sites (tertiary alicyclic amines) is 1. The highest BCUT2D eigenvalue weighted by Crippen LogP contribution is 2.51. The maximum absolute atomic E-state index is 17.8. The Kier molecular flexibility index (Phi) is 7.38. The van der Waals surface area contributed by atoms with Crippen molar-refractivity contribution in [3.8, 4) is 23.5 Å². The molecule has 7 heteroatoms. The third kappa shape index (κ3) is 4.93. The van der Waals surface area contributed by atoms with Crippen molar-refractivity contribution in [2.24, 2.45) is 5.41 Å². The molecule has 3 aliphatic heterocycles. The quantitative estimate of drug-likeness (QED) is 0.220. The molecule has 2 aliphatic carbocycles. The number of piperazine rings is 1. The maximum atomic E-state index is 17.8. The molecule has 3 saturated heterocycles. The van der Waals surface area contributed by atoms with Crippen LogP contribution in [-0.2, 0) is 12.8 Å². The zero-order valence-electron chi connectivity index (χ0n) is 28.9. The highest BCUT2D eigenvalue weighted by atomic mass is 19.1. The fraction of sp³-hybridized carbons (Fsp3) is 0.476. The average Bonchev–Trinajstić information content (AvgIpc) is 3.80. The van der Waals surface area contributed by atoms with E-state index in [4.69, 9.17) is 16.4 Å². The Labute approximate surface area is 288 Å². The van der Waals surface area contributed by atoms with Gasteiger partial charge in [0.05, 0.1) is 10.9 Å². The van der Waals surface area contributed by atoms with Crippen LogP contribution in [0.25, 0.3) is 38.9 Å². The van der Waals surface area contributed by atoms with Crippen molar-refractivity contribution >= 4 is 33.6 Å². The Bertz CT molecular complexity index is 2100. The summed E-state index contributed by atoms with van der Waals surface area (Å²) in [4.78, 5) is 15.5. The lowest BCUT2D eigenvalue weighted by Gasteiger charge is -2.45. The summed E-state index contributed by atoms with van der Waals surface area (Å²) in [6.45, 7) is 6.98. The van der Waals surface area contributed by atoms with Crippen LogP contribution in [0, 0.1) is 36.3 Å². The van der Waals surface area contributed by atoms with Crippen LogP contribution in [0.3, 0.4) is 0 Å². The van der Waals surface area contributed by atoms with Gasteiger partial charge in [0.1, 0.15) is 23.0 Å². The third-order valence-electron chi connectivity index (χ3n) is 12.7. The van der Waals surface area contributed by atoms with Gasteiger partial charge in [-0.1, -0.05) is 42.2 Å². The van der Waals surface area contributed by atoms with Gasteiger partial charge in [-0.3, -0.25) is 0 Å². The molecule has 4 fully saturated rings. The van der Waals surface area contributed by atoms with E-state index < -0.39 is 5.82 Å². The monoisotopic (exact) mass is 657 g/mol. The van der Waals surface area contributed by atoms with E-state index in [0.717, 1.165) is 83.5 Å². The van der Waals surface area contributed by atoms with Gasteiger partial charge in [0.2, 0.25) is 0 Å². The van der Waals surface area contributed by atoms with Gasteiger partial charge in [-0.05, 0) is 118 Å². The largest absolute Gasteiger partial charge is 0.353 e. The van der Waals surface area contributed by atoms with Crippen molar-refractivity contribution in [3.05, 3.63) is 69.6 Å². The number of piperidine rings is 1. The predicted molar refractivity (Wildman–Crippen MR) is 195 cm³/mol. The summed E-state index contributed by atoms with van der Waals surface area (Å²) in [5, 5.41) is 5.97. The Hall–Kier alpha value is -3.86. The molecule has 4 atom stereocenters. The molecule has 4 heterocycles. The number of aryl methyl sites for hydroxylation is 2. The van der Waals surface area contributed by atoms with E-state index in [0.29, 0.717) is 46.6 Å². The first-order valence-electron chi connectivity index (χ1n) is 18.4. The average molecular weight is 658 g/mol. The third-order valence-corrected chi connectivity index (χ3v) is 12.7. The molecule has 3 aromatic carbocycles. The van der Waals surface area contributed by atoms with Crippen LogP contribution < -0.4 is 10.2 Å². The summed E-state index contributed by atoms with van der Waals surface area (Å²) in [6.07, 6.45) is 19.0. The second-order valence-electron chi connectivity index (χ2n) is 15.8. The summed E-state index contributed by atoms with van der Waals surface area (Å²) in [5.74, 6) is 3.38. The standard InChI is InChI=1S/C42H45F2N5/c1-5-29-33(43)12-9-26-18-24(2)21-32(36(26)29)37-30-19-25(3)20-31(30)38-40(39(37)44)46-35(47-41(38)49-22-27-10-11-28(23-49)45-27)13-16-42-14-6-8-34(42)48(4)17-7-15-42/h1,9,12,18,20-21,27-28,34,45H,6-8,10-11,13-17,19,22-23H2,2-4H3/t27?,28?,34-,42-/m0/s1. The first-order chi connectivity index (χ1) is 23.7. The van der Waals surface area contributed by atoms with E-state index in [-0.39, 0.29) is 16.8 Å². The fourth-order valence-electron chi connectivity index (χ4n) is 10.6. The highest BCUT2D eigenvalue weighted by molar-refractivity contribution is 6.08. The van der Waals surface area contributed by atoms with E-state index in [2.05, 4.69) is 41.1 Å². The molecule has 5 nitrogen and oxygen atoms in total. The smallest absolute Gasteiger partial charge is 0.157 e. The maximum Gasteiger partial charge on any atom is 0.157 e. The second kappa shape index (κ2) is 11.6. The van der Waals surface area contributed by atoms with E-state index in [9.17, 15) is 0 Å². The minimum absolute atomic E-state index is 0.173. The Morgan fingerprint density at radius 3 is 2.61 bits per heavy atom. The number of rotatable bonds is 5. The number of allylic oxidation sites excluding steroid dienone is 1. The van der Waals surface area contributed by atoms with Gasteiger partial charge in [0, 0.05) is 48.6 Å². The van der Waals surface area contributed by atoms with E-state index in [1.54, 1.807) is 6.07 Å². The molecule has 2 unspecified atom stereocenters. The topological polar surface area (TPSA) is 44.3 Å². The molecule has 252 valence electrons. The molecule has 4 aromatic rings. The van der Waals surface area contributed by atoms with E-state index >= 15 is 8.78 Å². The number of anilines is 1. The van der Waals surface area contributed by atoms with E-state index in [1.807, 2.05) is 19.1 Å². The lowest BCUT2D eigenvalue weighted by atomic mass is 9.72. The van der Waals surface area contributed by atoms with Crippen molar-refractivity contribution < 1.29 is 8.78 Å². The molecule has 9 rings (SSSR count). The normalized spacial score (nSPS) is 26.3. The van der Waals surface area contributed by atoms with Gasteiger partial charge in [0.25, 0.3) is 0 Å². The lowest BCUT2D eigenvalue weighted by Crippen LogP contribution is -2.51. The Morgan fingerprint density at radius 2 is 1.82 bits per heavy atom. The van der Waals surface area contributed by atoms with Gasteiger partial charge < -0.3 is 15.1 Å². The molecule has 49 heavy (non-hydrogen) atoms. The number of aromatic nitrogens is 2. The van der Waals surface area contributed by atoms with Crippen molar-refractivity contribution in [1.82, 2.24) is 20.2 Å². The Morgan fingerprint density at radius 1 is 1.02 bits per heavy atom. The van der Waals surface area contributed by atoms with Crippen molar-refractivity contribution in [2.75, 3.05) is 31.6 Å². The number of terminal acetylenes is 1. The molecular weight excluding hydrogens is 612 g/mol. The lowest BCUT2D eigenvalue weighted by molar-refractivity contribution is 0.0485. The molecule has 2 bridgehead atoms. The summed E-state index contributed by atoms with van der Waals surface area (Å²) in [7, 11) is 2.28. The first kappa shape index (κ1) is 31.1. The summed E-state index contributed by atoms with van der Waals surface area (Å²) in [5.41, 5.74) is 5.99. The zero-order valence-corrected chi connectivity index (χ0v) is 28.9. The number of fused-ring (bicyclic) bond motifs is 7. The van der Waals surface area contributed by atoms with E-state index in [1.165, 1.54) is 44.7 Å². The molecule has 0 radical (unpaired) electrons. The number of benzene rings is 3. The van der Waals surface area contributed by atoms with Crippen molar-refractivity contribution in [3.63, 3.8) is 0 Å². The van der Waals surface area contributed by atoms with Gasteiger partial charge in [0.15, 0.2) is 5.82 Å². The summed E-state index contributed by atoms with van der Waals surface area (Å²) >= 11 is 0. The van der Waals surface area contributed by atoms with Crippen LogP contribution in [0.15, 0.2) is 29.8 Å². The number of halogens is 2. The number of nitrogens with one attached hydrogen (secondary N) is 1. The first-order valence-corrected chi connectivity index (χ1v) is 18.4. The predicted octanol–water partition coefficient (Wildman–Crippen LogP) is 8.12. The zero-order chi connectivity index (χ0) is 33.6. The van der Waals surface area contributed by atoms with Crippen LogP contribution in [0.1, 0.15) is 86.4 Å². The highest BCUT2D eigenvalue weighted by Gasteiger charge is 2.46. The number of nitrogens with zero attached hydrogens (tertiary/aromatic N) is 4. The van der Waals surface area contributed by atoms with Crippen LogP contribution in [-0.4, -0.2) is 59.7 Å². The summed E-state index contributed by atoms with van der Waals surface area (Å²) in [6, 6.07) is 8.55. The van der Waals surface area contributed by atoms with Gasteiger partial charge in [-0.15, -0.1) is 6.42 Å². The van der Waals surface area contributed by atoms with Crippen molar-refractivity contribution in [2.45, 2.75) is 96.2 Å². The number of hydrogen-bond donors (Lipinski definition) is 1. The second-order valence-corrected chi connectivity index (χ2v) is 15.8. The minimum atomic E-state index is -0.467. The van der Waals surface area contributed by atoms with Crippen LogP contribution in [0.5, 0.6) is 0 Å². The van der Waals surface area contributed by atoms with Crippen molar-refractivity contribution in [1.29, 1.82) is 0 Å². The van der Waals surface area contributed by atoms with Crippen LogP contribution in [0.2, 0.25) is 0 Å². The molecule has 5 aliphatic rings. The molecule has 0 amide bonds. The van der Waals surface area contributed by atoms with Crippen LogP contribution >= 0.6 is 0 Å². The molecular formula is C42H45F2N5. The minimum Gasteiger partial charge on any atom is -0.353 e. The van der Waals surface area contributed by atoms with Gasteiger partial charge in [-0.25, -0.2) is 18.7 Å². The summed E-state index contributed by atoms with van der Waals surface area (Å²) < 4.78 is 33.0. The SMILES string of the molecule is C#Cc1c(F)ccc2cc(C)cc(-c3c4c(c5c(N6CC7CCC(C6)N7)nc(CC[C@@]67CCC[C@@H]6N(C)CCC7)nc5c3F)C=C(C)C4)c12. The molecule has 0 spiro atoms. The molecule has 1 aromatic heterocycles. The van der Waals surface area contributed by atoms with Gasteiger partial charge >= 0.3 is 0 Å².